The fourth-order valence-corrected chi connectivity index (χ4v) is 4.52. The van der Waals surface area contributed by atoms with E-state index in [2.05, 4.69) is 40.6 Å². The molecule has 1 saturated heterocycles. The maximum absolute atomic E-state index is 4.42. The van der Waals surface area contributed by atoms with Crippen molar-refractivity contribution in [2.24, 2.45) is 10.9 Å². The van der Waals surface area contributed by atoms with E-state index in [0.29, 0.717) is 12.1 Å². The number of rotatable bonds is 6. The molecule has 0 bridgehead atoms. The first kappa shape index (κ1) is 17.9. The summed E-state index contributed by atoms with van der Waals surface area (Å²) in [4.78, 5) is 7.06. The fourth-order valence-electron chi connectivity index (χ4n) is 3.72. The molecule has 1 saturated carbocycles. The Balaban J connectivity index is 1.74. The minimum absolute atomic E-state index is 0.596. The van der Waals surface area contributed by atoms with Gasteiger partial charge in [0, 0.05) is 37.5 Å². The zero-order chi connectivity index (χ0) is 15.9. The summed E-state index contributed by atoms with van der Waals surface area (Å²) in [6, 6.07) is 1.27. The average molecular weight is 327 g/mol. The van der Waals surface area contributed by atoms with Gasteiger partial charge in [-0.1, -0.05) is 13.8 Å². The van der Waals surface area contributed by atoms with Crippen molar-refractivity contribution in [2.45, 2.75) is 63.3 Å². The van der Waals surface area contributed by atoms with Gasteiger partial charge < -0.3 is 10.6 Å². The van der Waals surface area contributed by atoms with Gasteiger partial charge in [0.2, 0.25) is 0 Å². The van der Waals surface area contributed by atoms with E-state index >= 15 is 0 Å². The van der Waals surface area contributed by atoms with Gasteiger partial charge in [-0.15, -0.1) is 0 Å². The number of aliphatic imine (C=N–C) groups is 1. The van der Waals surface area contributed by atoms with Crippen LogP contribution in [-0.4, -0.2) is 61.1 Å². The molecule has 0 aromatic heterocycles. The maximum Gasteiger partial charge on any atom is 0.191 e. The summed E-state index contributed by atoms with van der Waals surface area (Å²) in [5.74, 6) is 1.74. The minimum atomic E-state index is 0.596. The van der Waals surface area contributed by atoms with Gasteiger partial charge >= 0.3 is 0 Å². The number of nitrogens with zero attached hydrogens (tertiary/aromatic N) is 2. The summed E-state index contributed by atoms with van der Waals surface area (Å²) in [5.41, 5.74) is 0. The molecule has 5 heteroatoms. The zero-order valence-electron chi connectivity index (χ0n) is 14.8. The molecule has 1 heterocycles. The van der Waals surface area contributed by atoms with Crippen LogP contribution in [0.25, 0.3) is 0 Å². The molecule has 1 aliphatic carbocycles. The third-order valence-electron chi connectivity index (χ3n) is 4.89. The summed E-state index contributed by atoms with van der Waals surface area (Å²) in [5, 5.41) is 8.01. The van der Waals surface area contributed by atoms with Crippen molar-refractivity contribution >= 4 is 17.7 Å². The number of thioether (sulfide) groups is 1. The molecule has 0 aromatic carbocycles. The van der Waals surface area contributed by atoms with E-state index in [9.17, 15) is 0 Å². The third kappa shape index (κ3) is 5.34. The Labute approximate surface area is 140 Å². The van der Waals surface area contributed by atoms with Gasteiger partial charge in [-0.3, -0.25) is 9.89 Å². The van der Waals surface area contributed by atoms with Gasteiger partial charge in [-0.05, 0) is 50.8 Å². The van der Waals surface area contributed by atoms with Crippen LogP contribution in [-0.2, 0) is 0 Å². The zero-order valence-corrected chi connectivity index (χ0v) is 15.6. The molecule has 2 rings (SSSR count). The van der Waals surface area contributed by atoms with E-state index in [4.69, 9.17) is 0 Å². The van der Waals surface area contributed by atoms with Crippen LogP contribution in [0.5, 0.6) is 0 Å². The highest BCUT2D eigenvalue weighted by Crippen LogP contribution is 2.28. The van der Waals surface area contributed by atoms with E-state index in [1.54, 1.807) is 0 Å². The second kappa shape index (κ2) is 9.02. The van der Waals surface area contributed by atoms with Gasteiger partial charge in [-0.2, -0.15) is 11.8 Å². The molecule has 22 heavy (non-hydrogen) atoms. The highest BCUT2D eigenvalue weighted by molar-refractivity contribution is 7.99. The summed E-state index contributed by atoms with van der Waals surface area (Å²) >= 11 is 2.00. The monoisotopic (exact) mass is 326 g/mol. The topological polar surface area (TPSA) is 39.7 Å². The Kier molecular flexibility index (Phi) is 7.35. The van der Waals surface area contributed by atoms with Crippen molar-refractivity contribution in [3.63, 3.8) is 0 Å². The predicted molar refractivity (Wildman–Crippen MR) is 98.9 cm³/mol. The SMILES string of the molecule is CN=C(NC[C@H]1CCCN1CC(C)C)NC1CCC(SC)C1. The summed E-state index contributed by atoms with van der Waals surface area (Å²) < 4.78 is 0. The second-order valence-corrected chi connectivity index (χ2v) is 8.29. The lowest BCUT2D eigenvalue weighted by Crippen LogP contribution is -2.47. The van der Waals surface area contributed by atoms with Crippen molar-refractivity contribution in [2.75, 3.05) is 32.9 Å². The molecule has 0 amide bonds. The standard InChI is InChI=1S/C17H34N4S/c1-13(2)12-21-9-5-6-15(21)11-19-17(18-3)20-14-7-8-16(10-14)22-4/h13-16H,5-12H2,1-4H3,(H2,18,19,20)/t14?,15-,16?/m1/s1. The van der Waals surface area contributed by atoms with E-state index in [1.807, 2.05) is 18.8 Å². The van der Waals surface area contributed by atoms with Crippen molar-refractivity contribution < 1.29 is 0 Å². The summed E-state index contributed by atoms with van der Waals surface area (Å²) in [6.07, 6.45) is 8.75. The molecule has 1 aliphatic heterocycles. The lowest BCUT2D eigenvalue weighted by molar-refractivity contribution is 0.226. The predicted octanol–water partition coefficient (Wildman–Crippen LogP) is 2.56. The first-order valence-electron chi connectivity index (χ1n) is 8.86. The molecular formula is C17H34N4S. The van der Waals surface area contributed by atoms with Crippen molar-refractivity contribution in [3.05, 3.63) is 0 Å². The smallest absolute Gasteiger partial charge is 0.191 e. The number of hydrogen-bond donors (Lipinski definition) is 2. The van der Waals surface area contributed by atoms with Crippen LogP contribution in [0, 0.1) is 5.92 Å². The van der Waals surface area contributed by atoms with Crippen molar-refractivity contribution in [1.29, 1.82) is 0 Å². The molecule has 4 nitrogen and oxygen atoms in total. The number of guanidine groups is 1. The Bertz CT molecular complexity index is 359. The molecule has 128 valence electrons. The lowest BCUT2D eigenvalue weighted by Gasteiger charge is -2.27. The Hall–Kier alpha value is -0.420. The van der Waals surface area contributed by atoms with Crippen LogP contribution < -0.4 is 10.6 Å². The van der Waals surface area contributed by atoms with Crippen LogP contribution >= 0.6 is 11.8 Å². The van der Waals surface area contributed by atoms with Gasteiger partial charge in [-0.25, -0.2) is 0 Å². The van der Waals surface area contributed by atoms with Crippen LogP contribution in [0.4, 0.5) is 0 Å². The Morgan fingerprint density at radius 3 is 2.77 bits per heavy atom. The van der Waals surface area contributed by atoms with Crippen molar-refractivity contribution in [3.8, 4) is 0 Å². The average Bonchev–Trinajstić information content (AvgIpc) is 3.12. The van der Waals surface area contributed by atoms with E-state index in [0.717, 1.165) is 23.7 Å². The highest BCUT2D eigenvalue weighted by Gasteiger charge is 2.26. The largest absolute Gasteiger partial charge is 0.355 e. The Morgan fingerprint density at radius 2 is 2.14 bits per heavy atom. The van der Waals surface area contributed by atoms with Crippen LogP contribution in [0.3, 0.4) is 0 Å². The molecule has 0 aromatic rings. The normalized spacial score (nSPS) is 30.2. The van der Waals surface area contributed by atoms with E-state index in [1.165, 1.54) is 45.2 Å². The molecule has 2 fully saturated rings. The number of likely N-dealkylation sites (tertiary alicyclic amines) is 1. The number of nitrogens with one attached hydrogen (secondary N) is 2. The molecule has 0 spiro atoms. The molecular weight excluding hydrogens is 292 g/mol. The van der Waals surface area contributed by atoms with Gasteiger partial charge in [0.1, 0.15) is 0 Å². The second-order valence-electron chi connectivity index (χ2n) is 7.15. The fraction of sp³-hybridized carbons (Fsp3) is 0.941. The van der Waals surface area contributed by atoms with Gasteiger partial charge in [0.05, 0.1) is 0 Å². The summed E-state index contributed by atoms with van der Waals surface area (Å²) in [7, 11) is 1.89. The summed E-state index contributed by atoms with van der Waals surface area (Å²) in [6.45, 7) is 8.12. The first-order chi connectivity index (χ1) is 10.6. The molecule has 2 N–H and O–H groups in total. The highest BCUT2D eigenvalue weighted by atomic mass is 32.2. The lowest BCUT2D eigenvalue weighted by atomic mass is 10.1. The number of hydrogen-bond acceptors (Lipinski definition) is 3. The molecule has 2 unspecified atom stereocenters. The van der Waals surface area contributed by atoms with Crippen LogP contribution in [0.15, 0.2) is 4.99 Å². The molecule has 0 radical (unpaired) electrons. The van der Waals surface area contributed by atoms with E-state index in [-0.39, 0.29) is 0 Å². The third-order valence-corrected chi connectivity index (χ3v) is 5.98. The van der Waals surface area contributed by atoms with E-state index < -0.39 is 0 Å². The van der Waals surface area contributed by atoms with Crippen LogP contribution in [0.2, 0.25) is 0 Å². The van der Waals surface area contributed by atoms with Gasteiger partial charge in [0.15, 0.2) is 5.96 Å². The maximum atomic E-state index is 4.42. The van der Waals surface area contributed by atoms with Crippen molar-refractivity contribution in [1.82, 2.24) is 15.5 Å². The molecule has 3 atom stereocenters. The Morgan fingerprint density at radius 1 is 1.32 bits per heavy atom. The quantitative estimate of drug-likeness (QED) is 0.581. The minimum Gasteiger partial charge on any atom is -0.355 e. The molecule has 2 aliphatic rings. The van der Waals surface area contributed by atoms with Crippen LogP contribution in [0.1, 0.15) is 46.0 Å². The van der Waals surface area contributed by atoms with Gasteiger partial charge in [0.25, 0.3) is 0 Å². The first-order valence-corrected chi connectivity index (χ1v) is 10.1.